The monoisotopic (exact) mass is 544 g/mol. The van der Waals surface area contributed by atoms with E-state index in [4.69, 9.17) is 0 Å². The fraction of sp³-hybridized carbons (Fsp3) is 0.500. The summed E-state index contributed by atoms with van der Waals surface area (Å²) in [4.78, 5) is 53.9. The van der Waals surface area contributed by atoms with Gasteiger partial charge in [-0.1, -0.05) is 60.7 Å². The zero-order valence-corrected chi connectivity index (χ0v) is 22.6. The van der Waals surface area contributed by atoms with Crippen LogP contribution in [-0.4, -0.2) is 67.9 Å². The number of aliphatic carboxylic acids is 2. The first-order valence-corrected chi connectivity index (χ1v) is 14.5. The van der Waals surface area contributed by atoms with Gasteiger partial charge in [0.05, 0.1) is 11.8 Å². The van der Waals surface area contributed by atoms with Crippen LogP contribution in [0.25, 0.3) is 0 Å². The Morgan fingerprint density at radius 1 is 0.675 bits per heavy atom. The number of nitrogens with zero attached hydrogens (tertiary/aromatic N) is 2. The topological polar surface area (TPSA) is 115 Å². The summed E-state index contributed by atoms with van der Waals surface area (Å²) in [5, 5.41) is 20.1. The van der Waals surface area contributed by atoms with E-state index in [1.165, 1.54) is 0 Å². The minimum atomic E-state index is -0.918. The number of carbonyl (C=O) groups is 4. The molecule has 6 rings (SSSR count). The van der Waals surface area contributed by atoms with Gasteiger partial charge in [-0.05, 0) is 74.3 Å². The zero-order chi connectivity index (χ0) is 28.1. The van der Waals surface area contributed by atoms with Gasteiger partial charge in [0.15, 0.2) is 0 Å². The Kier molecular flexibility index (Phi) is 6.67. The predicted octanol–water partition coefficient (Wildman–Crippen LogP) is 4.27. The van der Waals surface area contributed by atoms with Gasteiger partial charge in [0.25, 0.3) is 0 Å². The van der Waals surface area contributed by atoms with Crippen LogP contribution in [0.3, 0.4) is 0 Å². The SMILES string of the molecule is O=C(O)C1CC(c2ccccc2)CCC12C(=O)N2CCCCN1C(=O)C12CCC(c1ccccc1)CC2C(=O)O. The quantitative estimate of drug-likeness (QED) is 0.360. The smallest absolute Gasteiger partial charge is 0.309 e. The molecule has 6 unspecified atom stereocenters. The van der Waals surface area contributed by atoms with Gasteiger partial charge in [-0.3, -0.25) is 19.2 Å². The van der Waals surface area contributed by atoms with Crippen molar-refractivity contribution in [3.63, 3.8) is 0 Å². The molecule has 40 heavy (non-hydrogen) atoms. The van der Waals surface area contributed by atoms with E-state index in [1.807, 2.05) is 60.7 Å². The number of carbonyl (C=O) groups excluding carboxylic acids is 2. The molecular weight excluding hydrogens is 508 g/mol. The van der Waals surface area contributed by atoms with Gasteiger partial charge in [-0.25, -0.2) is 0 Å². The van der Waals surface area contributed by atoms with E-state index >= 15 is 0 Å². The van der Waals surface area contributed by atoms with Crippen LogP contribution in [-0.2, 0) is 19.2 Å². The van der Waals surface area contributed by atoms with Crippen molar-refractivity contribution in [2.75, 3.05) is 13.1 Å². The fourth-order valence-electron chi connectivity index (χ4n) is 7.94. The van der Waals surface area contributed by atoms with E-state index in [2.05, 4.69) is 0 Å². The molecule has 2 saturated carbocycles. The average Bonchev–Trinajstić information content (AvgIpc) is 3.75. The second-order valence-electron chi connectivity index (χ2n) is 12.0. The lowest BCUT2D eigenvalue weighted by molar-refractivity contribution is -0.146. The number of carboxylic acid groups (broad SMARTS) is 2. The third-order valence-corrected chi connectivity index (χ3v) is 10.2. The second kappa shape index (κ2) is 10.1. The van der Waals surface area contributed by atoms with Crippen LogP contribution in [0.5, 0.6) is 0 Å². The first-order valence-electron chi connectivity index (χ1n) is 14.5. The molecule has 4 aliphatic rings. The summed E-state index contributed by atoms with van der Waals surface area (Å²) in [6.45, 7) is 0.929. The van der Waals surface area contributed by atoms with Gasteiger partial charge in [0, 0.05) is 13.1 Å². The maximum absolute atomic E-state index is 13.0. The standard InChI is InChI=1S/C32H36N2O6/c35-27(36)25-19-23(21-9-3-1-4-10-21)13-15-31(25)29(39)33(31)17-7-8-18-34-30(40)32(34)16-14-24(20-26(32)28(37)38)22-11-5-2-6-12-22/h1-6,9-12,23-26H,7-8,13-20H2,(H,35,36)(H,37,38). The van der Waals surface area contributed by atoms with Crippen molar-refractivity contribution in [3.05, 3.63) is 71.8 Å². The molecule has 4 fully saturated rings. The molecule has 2 aliphatic carbocycles. The summed E-state index contributed by atoms with van der Waals surface area (Å²) in [6, 6.07) is 19.8. The minimum absolute atomic E-state index is 0.0733. The third-order valence-electron chi connectivity index (χ3n) is 10.2. The normalized spacial score (nSPS) is 32.9. The molecule has 6 atom stereocenters. The molecule has 0 radical (unpaired) electrons. The number of rotatable bonds is 9. The lowest BCUT2D eigenvalue weighted by Crippen LogP contribution is -2.41. The van der Waals surface area contributed by atoms with Gasteiger partial charge in [0.1, 0.15) is 11.1 Å². The minimum Gasteiger partial charge on any atom is -0.481 e. The molecule has 2 saturated heterocycles. The second-order valence-corrected chi connectivity index (χ2v) is 12.0. The molecule has 2 aromatic carbocycles. The first kappa shape index (κ1) is 26.5. The molecule has 2 aliphatic heterocycles. The summed E-state index contributed by atoms with van der Waals surface area (Å²) in [7, 11) is 0. The van der Waals surface area contributed by atoms with Crippen molar-refractivity contribution in [1.29, 1.82) is 0 Å². The van der Waals surface area contributed by atoms with Gasteiger partial charge < -0.3 is 20.0 Å². The third kappa shape index (κ3) is 4.19. The van der Waals surface area contributed by atoms with Crippen molar-refractivity contribution >= 4 is 23.8 Å². The first-order chi connectivity index (χ1) is 19.3. The van der Waals surface area contributed by atoms with Crippen molar-refractivity contribution in [1.82, 2.24) is 9.80 Å². The van der Waals surface area contributed by atoms with Crippen molar-refractivity contribution in [3.8, 4) is 0 Å². The summed E-state index contributed by atoms with van der Waals surface area (Å²) >= 11 is 0. The highest BCUT2D eigenvalue weighted by atomic mass is 16.4. The van der Waals surface area contributed by atoms with E-state index in [9.17, 15) is 29.4 Å². The number of hydrogen-bond acceptors (Lipinski definition) is 4. The number of unbranched alkanes of at least 4 members (excludes halogenated alkanes) is 1. The molecule has 0 aromatic heterocycles. The number of benzene rings is 2. The Balaban J connectivity index is 1.04. The summed E-state index contributed by atoms with van der Waals surface area (Å²) in [5.41, 5.74) is 0.437. The predicted molar refractivity (Wildman–Crippen MR) is 146 cm³/mol. The molecule has 2 spiro atoms. The fourth-order valence-corrected chi connectivity index (χ4v) is 7.94. The molecule has 2 heterocycles. The maximum atomic E-state index is 13.0. The zero-order valence-electron chi connectivity index (χ0n) is 22.6. The molecule has 2 amide bonds. The molecular formula is C32H36N2O6. The van der Waals surface area contributed by atoms with Gasteiger partial charge >= 0.3 is 11.9 Å². The van der Waals surface area contributed by atoms with Gasteiger partial charge in [-0.2, -0.15) is 0 Å². The van der Waals surface area contributed by atoms with E-state index in [-0.39, 0.29) is 23.7 Å². The Hall–Kier alpha value is -3.68. The van der Waals surface area contributed by atoms with Crippen LogP contribution < -0.4 is 0 Å². The summed E-state index contributed by atoms with van der Waals surface area (Å²) in [5.74, 6) is -3.18. The van der Waals surface area contributed by atoms with Crippen LogP contribution in [0.2, 0.25) is 0 Å². The van der Waals surface area contributed by atoms with Crippen LogP contribution >= 0.6 is 0 Å². The summed E-state index contributed by atoms with van der Waals surface area (Å²) in [6.07, 6.45) is 4.83. The molecule has 8 heteroatoms. The van der Waals surface area contributed by atoms with E-state index in [1.54, 1.807) is 9.80 Å². The van der Waals surface area contributed by atoms with Crippen LogP contribution in [0.15, 0.2) is 60.7 Å². The van der Waals surface area contributed by atoms with Gasteiger partial charge in [-0.15, -0.1) is 0 Å². The highest BCUT2D eigenvalue weighted by molar-refractivity contribution is 6.06. The van der Waals surface area contributed by atoms with Gasteiger partial charge in [0.2, 0.25) is 11.8 Å². The maximum Gasteiger partial charge on any atom is 0.309 e. The Labute approximate surface area is 234 Å². The number of amides is 2. The molecule has 210 valence electrons. The molecule has 8 nitrogen and oxygen atoms in total. The molecule has 2 aromatic rings. The van der Waals surface area contributed by atoms with Crippen LogP contribution in [0.1, 0.15) is 74.3 Å². The average molecular weight is 545 g/mol. The summed E-state index contributed by atoms with van der Waals surface area (Å²) < 4.78 is 0. The van der Waals surface area contributed by atoms with Crippen LogP contribution in [0.4, 0.5) is 0 Å². The van der Waals surface area contributed by atoms with Crippen LogP contribution in [0, 0.1) is 11.8 Å². The van der Waals surface area contributed by atoms with Crippen molar-refractivity contribution < 1.29 is 29.4 Å². The highest BCUT2D eigenvalue weighted by Crippen LogP contribution is 2.55. The van der Waals surface area contributed by atoms with E-state index < -0.39 is 34.9 Å². The van der Waals surface area contributed by atoms with Crippen molar-refractivity contribution in [2.24, 2.45) is 11.8 Å². The van der Waals surface area contributed by atoms with Crippen molar-refractivity contribution in [2.45, 2.75) is 74.3 Å². The number of hydrogen-bond donors (Lipinski definition) is 2. The molecule has 2 N–H and O–H groups in total. The Bertz CT molecular complexity index is 1210. The Morgan fingerprint density at radius 3 is 1.40 bits per heavy atom. The lowest BCUT2D eigenvalue weighted by atomic mass is 9.71. The highest BCUT2D eigenvalue weighted by Gasteiger charge is 2.70. The molecule has 0 bridgehead atoms. The Morgan fingerprint density at radius 2 is 1.05 bits per heavy atom. The van der Waals surface area contributed by atoms with E-state index in [0.29, 0.717) is 51.6 Å². The number of carboxylic acids is 2. The lowest BCUT2D eigenvalue weighted by Gasteiger charge is -2.33. The van der Waals surface area contributed by atoms with E-state index in [0.717, 1.165) is 24.0 Å². The largest absolute Gasteiger partial charge is 0.481 e.